The molecule has 2 aliphatic heterocycles. The summed E-state index contributed by atoms with van der Waals surface area (Å²) >= 11 is 1.27. The van der Waals surface area contributed by atoms with Gasteiger partial charge >= 0.3 is 5.69 Å². The highest BCUT2D eigenvalue weighted by molar-refractivity contribution is 7.21. The molecule has 1 aromatic carbocycles. The van der Waals surface area contributed by atoms with E-state index >= 15 is 0 Å². The van der Waals surface area contributed by atoms with Crippen molar-refractivity contribution in [2.45, 2.75) is 89.1 Å². The zero-order valence-corrected chi connectivity index (χ0v) is 27.6. The predicted octanol–water partition coefficient (Wildman–Crippen LogP) is 3.24. The van der Waals surface area contributed by atoms with Crippen molar-refractivity contribution in [3.63, 3.8) is 0 Å². The van der Waals surface area contributed by atoms with Gasteiger partial charge in [-0.25, -0.2) is 9.36 Å². The first-order chi connectivity index (χ1) is 22.8. The Kier molecular flexibility index (Phi) is 8.76. The van der Waals surface area contributed by atoms with Gasteiger partial charge in [-0.2, -0.15) is 10.2 Å². The lowest BCUT2D eigenvalue weighted by Crippen LogP contribution is -2.72. The number of thiophene rings is 1. The summed E-state index contributed by atoms with van der Waals surface area (Å²) in [6, 6.07) is 7.63. The van der Waals surface area contributed by atoms with Crippen LogP contribution >= 0.6 is 11.3 Å². The van der Waals surface area contributed by atoms with Crippen molar-refractivity contribution >= 4 is 27.5 Å². The number of fused-ring (bicyclic) bond motifs is 1. The second-order valence-electron chi connectivity index (χ2n) is 12.8. The lowest BCUT2D eigenvalue weighted by atomic mass is 9.84. The second-order valence-corrected chi connectivity index (χ2v) is 13.8. The van der Waals surface area contributed by atoms with Crippen molar-refractivity contribution in [3.8, 4) is 10.8 Å². The fraction of sp³-hybridized carbons (Fsp3) is 0.545. The number of carbonyl (C=O) groups is 1. The molecule has 0 spiro atoms. The Bertz CT molecular complexity index is 1870. The van der Waals surface area contributed by atoms with Crippen LogP contribution in [-0.2, 0) is 26.4 Å². The number of nitrogens with zero attached hydrogens (tertiary/aromatic N) is 6. The number of β-lactam (4-membered cyclic amide) rings is 1. The monoisotopic (exact) mass is 663 g/mol. The van der Waals surface area contributed by atoms with Crippen molar-refractivity contribution < 1.29 is 19.0 Å². The highest BCUT2D eigenvalue weighted by Gasteiger charge is 2.54. The number of aryl methyl sites for hydroxylation is 1. The van der Waals surface area contributed by atoms with Crippen LogP contribution in [0.5, 0.6) is 5.75 Å². The number of benzene rings is 1. The van der Waals surface area contributed by atoms with Gasteiger partial charge in [0.1, 0.15) is 34.0 Å². The molecule has 13 nitrogen and oxygen atoms in total. The molecule has 4 aromatic rings. The van der Waals surface area contributed by atoms with E-state index < -0.39 is 22.9 Å². The van der Waals surface area contributed by atoms with Gasteiger partial charge in [-0.05, 0) is 45.6 Å². The van der Waals surface area contributed by atoms with Gasteiger partial charge in [0.15, 0.2) is 0 Å². The molecule has 0 bridgehead atoms. The largest absolute Gasteiger partial charge is 0.478 e. The van der Waals surface area contributed by atoms with Crippen molar-refractivity contribution in [2.75, 3.05) is 26.5 Å². The summed E-state index contributed by atoms with van der Waals surface area (Å²) in [5.74, 6) is 0.366. The summed E-state index contributed by atoms with van der Waals surface area (Å²) in [5.41, 5.74) is 4.82. The van der Waals surface area contributed by atoms with Crippen LogP contribution < -0.4 is 21.7 Å². The number of hydrogen-bond donors (Lipinski definition) is 1. The maximum Gasteiger partial charge on any atom is 0.333 e. The molecular formula is C33H41N7O6S. The third-order valence-corrected chi connectivity index (χ3v) is 11.2. The van der Waals surface area contributed by atoms with Crippen molar-refractivity contribution in [3.05, 3.63) is 68.6 Å². The fourth-order valence-corrected chi connectivity index (χ4v) is 8.60. The van der Waals surface area contributed by atoms with Crippen LogP contribution in [0.4, 0.5) is 0 Å². The fourth-order valence-electron chi connectivity index (χ4n) is 7.38. The van der Waals surface area contributed by atoms with Gasteiger partial charge in [0.25, 0.3) is 11.5 Å². The molecule has 2 saturated heterocycles. The van der Waals surface area contributed by atoms with E-state index in [-0.39, 0.29) is 31.3 Å². The lowest BCUT2D eigenvalue weighted by molar-refractivity contribution is -0.162. The maximum absolute atomic E-state index is 14.7. The molecule has 1 unspecified atom stereocenters. The van der Waals surface area contributed by atoms with E-state index in [0.717, 1.165) is 37.7 Å². The van der Waals surface area contributed by atoms with E-state index in [2.05, 4.69) is 10.2 Å². The third-order valence-electron chi connectivity index (χ3n) is 9.87. The van der Waals surface area contributed by atoms with Gasteiger partial charge in [0, 0.05) is 30.4 Å². The van der Waals surface area contributed by atoms with Gasteiger partial charge in [0.2, 0.25) is 0 Å². The highest BCUT2D eigenvalue weighted by atomic mass is 32.1. The molecule has 250 valence electrons. The Balaban J connectivity index is 1.38. The van der Waals surface area contributed by atoms with Crippen LogP contribution in [0.25, 0.3) is 15.2 Å². The number of amides is 1. The molecule has 47 heavy (non-hydrogen) atoms. The Morgan fingerprint density at radius 2 is 1.79 bits per heavy atom. The number of likely N-dealkylation sites (tertiary alicyclic amines) is 1. The van der Waals surface area contributed by atoms with E-state index in [0.29, 0.717) is 59.1 Å². The standard InChI is InChI=1S/C33H41N7O6S/c1-21-27-28(41)39(33(2)19-38(31(33)42)22-8-4-3-5-9-22)32(43)37(30(27)47-29(21)40-35-14-15-36-40)18-26(46-23-12-16-44-17-13-23)24-10-6-7-11-25(24)45-20-34/h6-7,10-11,14-15,22-23,26H,3-5,8-9,12-13,16-20,34H2,1-2H3/t26-,33?/m0/s1. The smallest absolute Gasteiger partial charge is 0.333 e. The van der Waals surface area contributed by atoms with E-state index in [4.69, 9.17) is 19.9 Å². The van der Waals surface area contributed by atoms with Crippen LogP contribution in [0.1, 0.15) is 69.1 Å². The second kappa shape index (κ2) is 13.0. The Labute approximate surface area is 275 Å². The minimum atomic E-state index is -1.31. The van der Waals surface area contributed by atoms with E-state index in [1.807, 2.05) is 36.1 Å². The molecule has 14 heteroatoms. The van der Waals surface area contributed by atoms with Crippen molar-refractivity contribution in [1.82, 2.24) is 29.0 Å². The number of ether oxygens (including phenoxy) is 3. The zero-order chi connectivity index (χ0) is 32.7. The molecule has 3 fully saturated rings. The summed E-state index contributed by atoms with van der Waals surface area (Å²) in [5, 5.41) is 9.60. The molecule has 3 aromatic heterocycles. The quantitative estimate of drug-likeness (QED) is 0.199. The minimum absolute atomic E-state index is 0.0294. The number of rotatable bonds is 10. The molecule has 2 atom stereocenters. The molecule has 1 saturated carbocycles. The van der Waals surface area contributed by atoms with Crippen LogP contribution in [0, 0.1) is 6.92 Å². The summed E-state index contributed by atoms with van der Waals surface area (Å²) in [6.07, 6.45) is 9.00. The minimum Gasteiger partial charge on any atom is -0.478 e. The topological polar surface area (TPSA) is 149 Å². The van der Waals surface area contributed by atoms with Crippen LogP contribution in [0.2, 0.25) is 0 Å². The third kappa shape index (κ3) is 5.60. The van der Waals surface area contributed by atoms with E-state index in [9.17, 15) is 14.4 Å². The maximum atomic E-state index is 14.7. The molecule has 1 amide bonds. The predicted molar refractivity (Wildman–Crippen MR) is 176 cm³/mol. The number of para-hydroxylation sites is 1. The first-order valence-electron chi connectivity index (χ1n) is 16.4. The first kappa shape index (κ1) is 31.7. The van der Waals surface area contributed by atoms with Gasteiger partial charge in [-0.1, -0.05) is 48.8 Å². The molecule has 3 aliphatic rings. The normalized spacial score (nSPS) is 21.7. The lowest BCUT2D eigenvalue weighted by Gasteiger charge is -2.51. The average molecular weight is 664 g/mol. The molecule has 0 radical (unpaired) electrons. The Morgan fingerprint density at radius 3 is 2.49 bits per heavy atom. The summed E-state index contributed by atoms with van der Waals surface area (Å²) in [4.78, 5) is 46.9. The SMILES string of the molecule is Cc1c(-n2nccn2)sc2c1c(=O)n(C1(C)CN(C3CCCCC3)C1=O)c(=O)n2C[C@H](OC1CCOCC1)c1ccccc1OCN. The molecule has 7 rings (SSSR count). The van der Waals surface area contributed by atoms with E-state index in [1.54, 1.807) is 23.9 Å². The van der Waals surface area contributed by atoms with E-state index in [1.165, 1.54) is 20.7 Å². The highest BCUT2D eigenvalue weighted by Crippen LogP contribution is 2.38. The summed E-state index contributed by atoms with van der Waals surface area (Å²) in [7, 11) is 0. The average Bonchev–Trinajstić information content (AvgIpc) is 3.74. The Morgan fingerprint density at radius 1 is 1.06 bits per heavy atom. The van der Waals surface area contributed by atoms with Gasteiger partial charge in [-0.3, -0.25) is 19.9 Å². The zero-order valence-electron chi connectivity index (χ0n) is 26.8. The van der Waals surface area contributed by atoms with Crippen LogP contribution in [-0.4, -0.2) is 73.6 Å². The first-order valence-corrected chi connectivity index (χ1v) is 17.3. The van der Waals surface area contributed by atoms with Gasteiger partial charge in [-0.15, -0.1) is 4.80 Å². The molecule has 2 N–H and O–H groups in total. The summed E-state index contributed by atoms with van der Waals surface area (Å²) < 4.78 is 20.9. The molecular weight excluding hydrogens is 622 g/mol. The van der Waals surface area contributed by atoms with Crippen molar-refractivity contribution in [1.29, 1.82) is 0 Å². The van der Waals surface area contributed by atoms with Crippen LogP contribution in [0.15, 0.2) is 46.2 Å². The number of carbonyl (C=O) groups excluding carboxylic acids is 1. The Hall–Kier alpha value is -3.85. The number of hydrogen-bond acceptors (Lipinski definition) is 10. The summed E-state index contributed by atoms with van der Waals surface area (Å²) in [6.45, 7) is 5.05. The van der Waals surface area contributed by atoms with Gasteiger partial charge in [0.05, 0.1) is 37.0 Å². The molecule has 1 aliphatic carbocycles. The number of aromatic nitrogens is 5. The number of nitrogens with two attached hydrogens (primary N) is 1. The van der Waals surface area contributed by atoms with Gasteiger partial charge < -0.3 is 19.1 Å². The van der Waals surface area contributed by atoms with Crippen molar-refractivity contribution in [2.24, 2.45) is 5.73 Å². The van der Waals surface area contributed by atoms with Crippen LogP contribution in [0.3, 0.4) is 0 Å². The molecule has 5 heterocycles.